The van der Waals surface area contributed by atoms with Gasteiger partial charge < -0.3 is 14.4 Å². The number of esters is 2. The maximum atomic E-state index is 13.1. The van der Waals surface area contributed by atoms with E-state index in [2.05, 4.69) is 0 Å². The molecule has 0 aromatic heterocycles. The van der Waals surface area contributed by atoms with Gasteiger partial charge in [-0.15, -0.1) is 0 Å². The van der Waals surface area contributed by atoms with Crippen LogP contribution in [0.3, 0.4) is 0 Å². The van der Waals surface area contributed by atoms with E-state index in [1.807, 2.05) is 0 Å². The van der Waals surface area contributed by atoms with Gasteiger partial charge in [-0.1, -0.05) is 6.92 Å². The Morgan fingerprint density at radius 2 is 1.83 bits per heavy atom. The standard InChI is InChI=1S/C19H28N2O8S/c1-7-13-16(24)21-15(17(25)20(6)8-14(23)29-19(3,4)5)12(9-28-11(2)22)10-30(26,27)18(13)21/h13,18H,7-10H2,1-6H3/t13-,18+/m0/s1. The number of rotatable bonds is 6. The largest absolute Gasteiger partial charge is 0.461 e. The van der Waals surface area contributed by atoms with Crippen LogP contribution in [0.15, 0.2) is 11.3 Å². The minimum Gasteiger partial charge on any atom is -0.461 e. The molecule has 30 heavy (non-hydrogen) atoms. The van der Waals surface area contributed by atoms with Crippen LogP contribution in [-0.2, 0) is 38.5 Å². The number of carbonyl (C=O) groups is 4. The molecule has 0 aromatic rings. The highest BCUT2D eigenvalue weighted by atomic mass is 32.2. The monoisotopic (exact) mass is 444 g/mol. The number of likely N-dealkylation sites (N-methyl/N-ethyl adjacent to an activating group) is 1. The van der Waals surface area contributed by atoms with Crippen molar-refractivity contribution >= 4 is 33.6 Å². The summed E-state index contributed by atoms with van der Waals surface area (Å²) in [5.41, 5.74) is -0.894. The van der Waals surface area contributed by atoms with Gasteiger partial charge >= 0.3 is 11.9 Å². The van der Waals surface area contributed by atoms with Crippen LogP contribution in [0.1, 0.15) is 41.0 Å². The topological polar surface area (TPSA) is 127 Å². The number of ether oxygens (including phenoxy) is 2. The second-order valence-electron chi connectivity index (χ2n) is 8.40. The smallest absolute Gasteiger partial charge is 0.326 e. The first-order valence-electron chi connectivity index (χ1n) is 9.57. The van der Waals surface area contributed by atoms with E-state index in [1.165, 1.54) is 7.05 Å². The maximum Gasteiger partial charge on any atom is 0.326 e. The first-order chi connectivity index (χ1) is 13.7. The summed E-state index contributed by atoms with van der Waals surface area (Å²) in [6.45, 7) is 7.08. The summed E-state index contributed by atoms with van der Waals surface area (Å²) in [5.74, 6) is -3.75. The molecule has 0 bridgehead atoms. The maximum absolute atomic E-state index is 13.1. The van der Waals surface area contributed by atoms with Crippen molar-refractivity contribution in [1.29, 1.82) is 0 Å². The van der Waals surface area contributed by atoms with Crippen LogP contribution in [0, 0.1) is 5.92 Å². The summed E-state index contributed by atoms with van der Waals surface area (Å²) in [6, 6.07) is 0. The zero-order valence-electron chi connectivity index (χ0n) is 18.1. The van der Waals surface area contributed by atoms with Gasteiger partial charge in [0.2, 0.25) is 5.91 Å². The molecule has 2 aliphatic rings. The Hall–Kier alpha value is -2.43. The summed E-state index contributed by atoms with van der Waals surface area (Å²) >= 11 is 0. The average Bonchev–Trinajstić information content (AvgIpc) is 2.57. The predicted octanol–water partition coefficient (Wildman–Crippen LogP) is 0.227. The highest BCUT2D eigenvalue weighted by Gasteiger charge is 2.59. The van der Waals surface area contributed by atoms with E-state index < -0.39 is 69.4 Å². The van der Waals surface area contributed by atoms with Crippen LogP contribution >= 0.6 is 0 Å². The van der Waals surface area contributed by atoms with E-state index in [-0.39, 0.29) is 11.3 Å². The number of nitrogens with zero attached hydrogens (tertiary/aromatic N) is 2. The second-order valence-corrected chi connectivity index (χ2v) is 10.5. The molecule has 2 rings (SSSR count). The van der Waals surface area contributed by atoms with E-state index in [1.54, 1.807) is 27.7 Å². The number of sulfone groups is 1. The zero-order chi connectivity index (χ0) is 23.0. The third kappa shape index (κ3) is 4.82. The Balaban J connectivity index is 2.39. The molecule has 0 unspecified atom stereocenters. The van der Waals surface area contributed by atoms with Gasteiger partial charge in [-0.2, -0.15) is 0 Å². The Morgan fingerprint density at radius 3 is 2.33 bits per heavy atom. The molecule has 1 saturated heterocycles. The molecule has 2 amide bonds. The first-order valence-corrected chi connectivity index (χ1v) is 11.3. The van der Waals surface area contributed by atoms with E-state index in [4.69, 9.17) is 9.47 Å². The zero-order valence-corrected chi connectivity index (χ0v) is 18.9. The van der Waals surface area contributed by atoms with Crippen molar-refractivity contribution in [3.63, 3.8) is 0 Å². The highest BCUT2D eigenvalue weighted by Crippen LogP contribution is 2.42. The molecule has 0 spiro atoms. The minimum absolute atomic E-state index is 0.00499. The molecule has 10 nitrogen and oxygen atoms in total. The predicted molar refractivity (Wildman–Crippen MR) is 105 cm³/mol. The fourth-order valence-corrected chi connectivity index (χ4v) is 5.70. The molecule has 0 saturated carbocycles. The van der Waals surface area contributed by atoms with E-state index in [9.17, 15) is 27.6 Å². The van der Waals surface area contributed by atoms with Gasteiger partial charge in [-0.3, -0.25) is 24.1 Å². The van der Waals surface area contributed by atoms with Crippen molar-refractivity contribution < 1.29 is 37.1 Å². The lowest BCUT2D eigenvalue weighted by Gasteiger charge is -2.50. The fourth-order valence-electron chi connectivity index (χ4n) is 3.49. The molecule has 11 heteroatoms. The Labute approximate surface area is 176 Å². The van der Waals surface area contributed by atoms with Gasteiger partial charge in [-0.05, 0) is 27.2 Å². The van der Waals surface area contributed by atoms with Crippen LogP contribution in [-0.4, -0.2) is 78.9 Å². The van der Waals surface area contributed by atoms with Gasteiger partial charge in [-0.25, -0.2) is 8.42 Å². The van der Waals surface area contributed by atoms with Crippen molar-refractivity contribution in [2.75, 3.05) is 26.0 Å². The lowest BCUT2D eigenvalue weighted by Crippen LogP contribution is -2.67. The minimum atomic E-state index is -3.76. The molecule has 2 heterocycles. The molecule has 0 aromatic carbocycles. The summed E-state index contributed by atoms with van der Waals surface area (Å²) in [6.07, 6.45) is 0.313. The number of fused-ring (bicyclic) bond motifs is 1. The highest BCUT2D eigenvalue weighted by molar-refractivity contribution is 7.92. The Morgan fingerprint density at radius 1 is 1.23 bits per heavy atom. The van der Waals surface area contributed by atoms with Crippen LogP contribution in [0.2, 0.25) is 0 Å². The Kier molecular flexibility index (Phi) is 6.65. The van der Waals surface area contributed by atoms with Crippen LogP contribution in [0.25, 0.3) is 0 Å². The normalized spacial score (nSPS) is 22.7. The van der Waals surface area contributed by atoms with Gasteiger partial charge in [0.25, 0.3) is 5.91 Å². The molecule has 2 atom stereocenters. The molecule has 1 fully saturated rings. The van der Waals surface area contributed by atoms with Crippen molar-refractivity contribution in [2.24, 2.45) is 5.92 Å². The van der Waals surface area contributed by atoms with Gasteiger partial charge in [0.1, 0.15) is 24.4 Å². The number of carbonyl (C=O) groups excluding carboxylic acids is 4. The second kappa shape index (κ2) is 8.37. The average molecular weight is 445 g/mol. The third-order valence-electron chi connectivity index (χ3n) is 4.70. The summed E-state index contributed by atoms with van der Waals surface area (Å²) in [4.78, 5) is 51.1. The molecular weight excluding hydrogens is 416 g/mol. The van der Waals surface area contributed by atoms with Gasteiger partial charge in [0.15, 0.2) is 15.2 Å². The molecule has 0 radical (unpaired) electrons. The van der Waals surface area contributed by atoms with Gasteiger partial charge in [0, 0.05) is 19.5 Å². The van der Waals surface area contributed by atoms with Crippen molar-refractivity contribution in [3.8, 4) is 0 Å². The number of amides is 2. The quantitative estimate of drug-likeness (QED) is 0.421. The number of hydrogen-bond acceptors (Lipinski definition) is 8. The summed E-state index contributed by atoms with van der Waals surface area (Å²) in [5, 5.41) is -1.13. The molecule has 0 aliphatic carbocycles. The number of β-lactam (4-membered cyclic amide) rings is 1. The number of hydrogen-bond donors (Lipinski definition) is 0. The van der Waals surface area contributed by atoms with Crippen molar-refractivity contribution in [2.45, 2.75) is 52.0 Å². The first kappa shape index (κ1) is 23.8. The van der Waals surface area contributed by atoms with Crippen LogP contribution in [0.5, 0.6) is 0 Å². The fraction of sp³-hybridized carbons (Fsp3) is 0.684. The van der Waals surface area contributed by atoms with E-state index >= 15 is 0 Å². The molecular formula is C19H28N2O8S. The van der Waals surface area contributed by atoms with E-state index in [0.717, 1.165) is 16.7 Å². The molecule has 2 aliphatic heterocycles. The van der Waals surface area contributed by atoms with Crippen molar-refractivity contribution in [1.82, 2.24) is 9.80 Å². The van der Waals surface area contributed by atoms with Crippen LogP contribution < -0.4 is 0 Å². The van der Waals surface area contributed by atoms with E-state index in [0.29, 0.717) is 6.42 Å². The summed E-state index contributed by atoms with van der Waals surface area (Å²) in [7, 11) is -2.41. The van der Waals surface area contributed by atoms with Crippen LogP contribution in [0.4, 0.5) is 0 Å². The molecule has 168 valence electrons. The summed E-state index contributed by atoms with van der Waals surface area (Å²) < 4.78 is 35.6. The lowest BCUT2D eigenvalue weighted by molar-refractivity contribution is -0.158. The third-order valence-corrected chi connectivity index (χ3v) is 6.72. The van der Waals surface area contributed by atoms with Gasteiger partial charge in [0.05, 0.1) is 11.7 Å². The van der Waals surface area contributed by atoms with Crippen molar-refractivity contribution in [3.05, 3.63) is 11.3 Å². The molecule has 0 N–H and O–H groups in total. The SMILES string of the molecule is CC[C@H]1C(=O)N2C(C(=O)N(C)CC(=O)OC(C)(C)C)=C(COC(C)=O)CS(=O)(=O)[C@H]12. The Bertz CT molecular complexity index is 900. The lowest BCUT2D eigenvalue weighted by atomic mass is 9.93.